The number of phenols is 1. The number of allylic oxidation sites excluding steroid dienone is 1. The largest absolute Gasteiger partial charge is 0.508 e. The van der Waals surface area contributed by atoms with Crippen LogP contribution in [0.4, 0.5) is 0 Å². The number of aryl methyl sites for hydroxylation is 2. The number of benzene rings is 2. The molecule has 0 radical (unpaired) electrons. The summed E-state index contributed by atoms with van der Waals surface area (Å²) in [7, 11) is 0. The number of phenolic OH excluding ortho intramolecular Hbond substituents is 1. The molecular weight excluding hydrogens is 236 g/mol. The van der Waals surface area contributed by atoms with Crippen LogP contribution in [0.25, 0.3) is 6.08 Å². The lowest BCUT2D eigenvalue weighted by Gasteiger charge is -2.03. The molecule has 2 heteroatoms. The average Bonchev–Trinajstić information content (AvgIpc) is 2.37. The summed E-state index contributed by atoms with van der Waals surface area (Å²) in [4.78, 5) is 12.1. The zero-order chi connectivity index (χ0) is 13.8. The van der Waals surface area contributed by atoms with Gasteiger partial charge in [-0.25, -0.2) is 0 Å². The lowest BCUT2D eigenvalue weighted by atomic mass is 10.0. The van der Waals surface area contributed by atoms with Crippen LogP contribution in [0.15, 0.2) is 48.5 Å². The lowest BCUT2D eigenvalue weighted by molar-refractivity contribution is 0.104. The highest BCUT2D eigenvalue weighted by molar-refractivity contribution is 6.07. The first kappa shape index (κ1) is 13.1. The van der Waals surface area contributed by atoms with Crippen molar-refractivity contribution in [3.8, 4) is 5.75 Å². The highest BCUT2D eigenvalue weighted by Gasteiger charge is 2.06. The first-order valence-corrected chi connectivity index (χ1v) is 6.15. The third kappa shape index (κ3) is 3.10. The van der Waals surface area contributed by atoms with Gasteiger partial charge in [0.15, 0.2) is 5.78 Å². The van der Waals surface area contributed by atoms with E-state index in [0.717, 1.165) is 16.7 Å². The summed E-state index contributed by atoms with van der Waals surface area (Å²) in [6, 6.07) is 12.7. The Hall–Kier alpha value is -2.35. The van der Waals surface area contributed by atoms with Crippen LogP contribution in [-0.4, -0.2) is 10.9 Å². The van der Waals surface area contributed by atoms with Gasteiger partial charge >= 0.3 is 0 Å². The van der Waals surface area contributed by atoms with Crippen molar-refractivity contribution in [2.75, 3.05) is 0 Å². The van der Waals surface area contributed by atoms with Gasteiger partial charge < -0.3 is 5.11 Å². The number of rotatable bonds is 3. The molecular formula is C17H16O2. The Bertz CT molecular complexity index is 639. The van der Waals surface area contributed by atoms with E-state index in [1.165, 1.54) is 6.07 Å². The Labute approximate surface area is 113 Å². The predicted molar refractivity (Wildman–Crippen MR) is 77.4 cm³/mol. The summed E-state index contributed by atoms with van der Waals surface area (Å²) >= 11 is 0. The molecule has 0 atom stereocenters. The molecule has 2 rings (SSSR count). The van der Waals surface area contributed by atoms with Gasteiger partial charge in [-0.1, -0.05) is 30.3 Å². The quantitative estimate of drug-likeness (QED) is 0.664. The summed E-state index contributed by atoms with van der Waals surface area (Å²) in [5.41, 5.74) is 3.56. The maximum atomic E-state index is 12.1. The second-order valence-electron chi connectivity index (χ2n) is 4.55. The van der Waals surface area contributed by atoms with E-state index in [1.807, 2.05) is 44.2 Å². The smallest absolute Gasteiger partial charge is 0.186 e. The minimum atomic E-state index is -0.0549. The molecule has 1 N–H and O–H groups in total. The summed E-state index contributed by atoms with van der Waals surface area (Å²) in [5, 5.41) is 9.33. The number of hydrogen-bond acceptors (Lipinski definition) is 2. The molecule has 0 bridgehead atoms. The molecule has 0 spiro atoms. The van der Waals surface area contributed by atoms with Crippen molar-refractivity contribution in [3.63, 3.8) is 0 Å². The molecule has 2 nitrogen and oxygen atoms in total. The maximum absolute atomic E-state index is 12.1. The molecule has 96 valence electrons. The lowest BCUT2D eigenvalue weighted by Crippen LogP contribution is -1.97. The van der Waals surface area contributed by atoms with E-state index in [-0.39, 0.29) is 11.5 Å². The van der Waals surface area contributed by atoms with Crippen LogP contribution < -0.4 is 0 Å². The molecule has 0 aliphatic carbocycles. The Morgan fingerprint density at radius 1 is 1.05 bits per heavy atom. The number of carbonyl (C=O) groups is 1. The minimum Gasteiger partial charge on any atom is -0.508 e. The molecule has 0 aromatic heterocycles. The van der Waals surface area contributed by atoms with Crippen LogP contribution in [-0.2, 0) is 0 Å². The van der Waals surface area contributed by atoms with Gasteiger partial charge in [0.25, 0.3) is 0 Å². The third-order valence-electron chi connectivity index (χ3n) is 3.08. The molecule has 0 fully saturated rings. The summed E-state index contributed by atoms with van der Waals surface area (Å²) in [5.74, 6) is 0.123. The molecule has 0 aliphatic heterocycles. The van der Waals surface area contributed by atoms with Gasteiger partial charge in [-0.05, 0) is 54.8 Å². The molecule has 0 heterocycles. The highest BCUT2D eigenvalue weighted by atomic mass is 16.3. The first-order chi connectivity index (χ1) is 9.08. The molecule has 2 aromatic carbocycles. The van der Waals surface area contributed by atoms with Crippen LogP contribution in [0.2, 0.25) is 0 Å². The van der Waals surface area contributed by atoms with Crippen LogP contribution >= 0.6 is 0 Å². The summed E-state index contributed by atoms with van der Waals surface area (Å²) in [6.45, 7) is 3.82. The molecule has 2 aromatic rings. The van der Waals surface area contributed by atoms with Crippen LogP contribution in [0.1, 0.15) is 27.0 Å². The Kier molecular flexibility index (Phi) is 3.81. The monoisotopic (exact) mass is 252 g/mol. The van der Waals surface area contributed by atoms with Gasteiger partial charge in [-0.3, -0.25) is 4.79 Å². The Balaban J connectivity index is 2.24. The number of aromatic hydroxyl groups is 1. The Morgan fingerprint density at radius 3 is 2.47 bits per heavy atom. The molecule has 0 unspecified atom stereocenters. The predicted octanol–water partition coefficient (Wildman–Crippen LogP) is 3.91. The fourth-order valence-corrected chi connectivity index (χ4v) is 1.95. The summed E-state index contributed by atoms with van der Waals surface area (Å²) in [6.07, 6.45) is 3.39. The molecule has 0 saturated carbocycles. The average molecular weight is 252 g/mol. The molecule has 19 heavy (non-hydrogen) atoms. The van der Waals surface area contributed by atoms with E-state index in [2.05, 4.69) is 0 Å². The van der Waals surface area contributed by atoms with Gasteiger partial charge in [-0.2, -0.15) is 0 Å². The Morgan fingerprint density at radius 2 is 1.79 bits per heavy atom. The zero-order valence-corrected chi connectivity index (χ0v) is 11.1. The van der Waals surface area contributed by atoms with Crippen molar-refractivity contribution in [3.05, 3.63) is 70.8 Å². The minimum absolute atomic E-state index is 0.0549. The van der Waals surface area contributed by atoms with Crippen molar-refractivity contribution in [2.24, 2.45) is 0 Å². The van der Waals surface area contributed by atoms with Gasteiger partial charge in [0.1, 0.15) is 5.75 Å². The number of hydrogen-bond donors (Lipinski definition) is 1. The normalized spacial score (nSPS) is 10.8. The van der Waals surface area contributed by atoms with E-state index < -0.39 is 0 Å². The van der Waals surface area contributed by atoms with Crippen molar-refractivity contribution in [2.45, 2.75) is 13.8 Å². The summed E-state index contributed by atoms with van der Waals surface area (Å²) < 4.78 is 0. The van der Waals surface area contributed by atoms with Gasteiger partial charge in [0.2, 0.25) is 0 Å². The van der Waals surface area contributed by atoms with Crippen molar-refractivity contribution in [1.82, 2.24) is 0 Å². The fraction of sp³-hybridized carbons (Fsp3) is 0.118. The van der Waals surface area contributed by atoms with Crippen molar-refractivity contribution >= 4 is 11.9 Å². The van der Waals surface area contributed by atoms with Crippen molar-refractivity contribution in [1.29, 1.82) is 0 Å². The second kappa shape index (κ2) is 5.53. The number of ketones is 1. The molecule has 0 saturated heterocycles. The first-order valence-electron chi connectivity index (χ1n) is 6.15. The van der Waals surface area contributed by atoms with E-state index in [1.54, 1.807) is 18.2 Å². The SMILES string of the molecule is Cc1ccccc1C=CC(=O)c1ccc(O)cc1C. The van der Waals surface area contributed by atoms with Crippen LogP contribution in [0.3, 0.4) is 0 Å². The number of carbonyl (C=O) groups excluding carboxylic acids is 1. The zero-order valence-electron chi connectivity index (χ0n) is 11.1. The molecule has 0 aliphatic rings. The maximum Gasteiger partial charge on any atom is 0.186 e. The topological polar surface area (TPSA) is 37.3 Å². The highest BCUT2D eigenvalue weighted by Crippen LogP contribution is 2.17. The van der Waals surface area contributed by atoms with E-state index in [4.69, 9.17) is 0 Å². The standard InChI is InChI=1S/C17H16O2/c1-12-5-3-4-6-14(12)7-10-17(19)16-9-8-15(18)11-13(16)2/h3-11,18H,1-2H3. The van der Waals surface area contributed by atoms with E-state index >= 15 is 0 Å². The molecule has 0 amide bonds. The second-order valence-corrected chi connectivity index (χ2v) is 4.55. The van der Waals surface area contributed by atoms with Gasteiger partial charge in [-0.15, -0.1) is 0 Å². The van der Waals surface area contributed by atoms with Crippen LogP contribution in [0, 0.1) is 13.8 Å². The van der Waals surface area contributed by atoms with Gasteiger partial charge in [0, 0.05) is 5.56 Å². The fourth-order valence-electron chi connectivity index (χ4n) is 1.95. The van der Waals surface area contributed by atoms with Gasteiger partial charge in [0.05, 0.1) is 0 Å². The van der Waals surface area contributed by atoms with E-state index in [0.29, 0.717) is 5.56 Å². The van der Waals surface area contributed by atoms with Crippen LogP contribution in [0.5, 0.6) is 5.75 Å². The van der Waals surface area contributed by atoms with E-state index in [9.17, 15) is 9.90 Å². The van der Waals surface area contributed by atoms with Crippen molar-refractivity contribution < 1.29 is 9.90 Å². The third-order valence-corrected chi connectivity index (χ3v) is 3.08.